The second kappa shape index (κ2) is 3.58. The molecule has 0 aliphatic heterocycles. The zero-order chi connectivity index (χ0) is 11.8. The molecule has 0 aromatic carbocycles. The number of aryl methyl sites for hydroxylation is 1. The first-order valence-electron chi connectivity index (χ1n) is 4.39. The lowest BCUT2D eigenvalue weighted by Gasteiger charge is -2.06. The summed E-state index contributed by atoms with van der Waals surface area (Å²) in [4.78, 5) is 7.70. The van der Waals surface area contributed by atoms with Crippen LogP contribution in [-0.4, -0.2) is 20.2 Å². The first kappa shape index (κ1) is 10.6. The van der Waals surface area contributed by atoms with E-state index in [0.717, 1.165) is 18.3 Å². The third kappa shape index (κ3) is 2.02. The van der Waals surface area contributed by atoms with Gasteiger partial charge in [-0.3, -0.25) is 10.1 Å². The van der Waals surface area contributed by atoms with Crippen LogP contribution >= 0.6 is 0 Å². The van der Waals surface area contributed by atoms with Gasteiger partial charge in [0.2, 0.25) is 0 Å². The molecule has 0 radical (unpaired) electrons. The minimum Gasteiger partial charge on any atom is -0.263 e. The molecule has 2 rings (SSSR count). The number of rotatable bonds is 1. The number of nitrogens with one attached hydrogen (secondary N) is 1. The number of H-pyrrole nitrogens is 1. The Labute approximate surface area is 88.6 Å². The Bertz CT molecular complexity index is 503. The number of nitrogens with zero attached hydrogens (tertiary/aromatic N) is 3. The maximum Gasteiger partial charge on any atom is 0.416 e. The molecule has 2 aromatic heterocycles. The fourth-order valence-electron chi connectivity index (χ4n) is 1.19. The van der Waals surface area contributed by atoms with E-state index in [0.29, 0.717) is 5.82 Å². The lowest BCUT2D eigenvalue weighted by Crippen LogP contribution is -2.05. The molecule has 0 aliphatic rings. The topological polar surface area (TPSA) is 54.5 Å². The van der Waals surface area contributed by atoms with Crippen LogP contribution in [0.1, 0.15) is 11.4 Å². The second-order valence-corrected chi connectivity index (χ2v) is 3.17. The summed E-state index contributed by atoms with van der Waals surface area (Å²) in [5, 5.41) is 6.29. The molecule has 0 unspecified atom stereocenters. The highest BCUT2D eigenvalue weighted by Crippen LogP contribution is 2.30. The number of alkyl halides is 3. The number of hydrogen-bond donors (Lipinski definition) is 1. The third-order valence-electron chi connectivity index (χ3n) is 1.91. The van der Waals surface area contributed by atoms with Crippen molar-refractivity contribution >= 4 is 0 Å². The normalized spacial score (nSPS) is 11.8. The third-order valence-corrected chi connectivity index (χ3v) is 1.91. The smallest absolute Gasteiger partial charge is 0.263 e. The molecule has 0 aliphatic carbocycles. The molecule has 7 heteroatoms. The van der Waals surface area contributed by atoms with Gasteiger partial charge in [0.15, 0.2) is 5.82 Å². The van der Waals surface area contributed by atoms with Gasteiger partial charge in [-0.2, -0.15) is 18.3 Å². The van der Waals surface area contributed by atoms with Crippen LogP contribution in [0.3, 0.4) is 0 Å². The average molecular weight is 228 g/mol. The van der Waals surface area contributed by atoms with E-state index in [-0.39, 0.29) is 11.5 Å². The minimum absolute atomic E-state index is 0.0965. The SMILES string of the molecule is Cc1nc(-c2cc(C(F)(F)F)ccn2)n[nH]1. The largest absolute Gasteiger partial charge is 0.416 e. The Morgan fingerprint density at radius 3 is 2.62 bits per heavy atom. The average Bonchev–Trinajstić information content (AvgIpc) is 2.64. The van der Waals surface area contributed by atoms with Crippen LogP contribution < -0.4 is 0 Å². The predicted octanol–water partition coefficient (Wildman–Crippen LogP) is 2.19. The van der Waals surface area contributed by atoms with Gasteiger partial charge in [0, 0.05) is 6.20 Å². The Balaban J connectivity index is 2.44. The number of halogens is 3. The number of aromatic amines is 1. The van der Waals surface area contributed by atoms with Gasteiger partial charge in [0.05, 0.1) is 5.56 Å². The van der Waals surface area contributed by atoms with Gasteiger partial charge in [-0.1, -0.05) is 0 Å². The van der Waals surface area contributed by atoms with Crippen LogP contribution in [0.2, 0.25) is 0 Å². The Kier molecular flexibility index (Phi) is 2.37. The molecule has 0 spiro atoms. The molecule has 84 valence electrons. The second-order valence-electron chi connectivity index (χ2n) is 3.17. The van der Waals surface area contributed by atoms with Crippen LogP contribution in [0, 0.1) is 6.92 Å². The van der Waals surface area contributed by atoms with E-state index >= 15 is 0 Å². The molecule has 0 fully saturated rings. The van der Waals surface area contributed by atoms with E-state index in [2.05, 4.69) is 20.2 Å². The summed E-state index contributed by atoms with van der Waals surface area (Å²) >= 11 is 0. The molecule has 2 heterocycles. The maximum absolute atomic E-state index is 12.4. The Hall–Kier alpha value is -1.92. The molecule has 16 heavy (non-hydrogen) atoms. The van der Waals surface area contributed by atoms with Gasteiger partial charge in [0.25, 0.3) is 0 Å². The van der Waals surface area contributed by atoms with E-state index in [1.54, 1.807) is 6.92 Å². The van der Waals surface area contributed by atoms with Gasteiger partial charge < -0.3 is 0 Å². The van der Waals surface area contributed by atoms with Gasteiger partial charge in [-0.05, 0) is 19.1 Å². The minimum atomic E-state index is -4.39. The Morgan fingerprint density at radius 1 is 1.31 bits per heavy atom. The van der Waals surface area contributed by atoms with Crippen molar-refractivity contribution in [2.75, 3.05) is 0 Å². The van der Waals surface area contributed by atoms with E-state index in [1.165, 1.54) is 0 Å². The fourth-order valence-corrected chi connectivity index (χ4v) is 1.19. The molecule has 0 saturated heterocycles. The van der Waals surface area contributed by atoms with Crippen LogP contribution in [0.15, 0.2) is 18.3 Å². The highest BCUT2D eigenvalue weighted by Gasteiger charge is 2.31. The molecule has 0 bridgehead atoms. The molecule has 0 saturated carbocycles. The zero-order valence-corrected chi connectivity index (χ0v) is 8.21. The highest BCUT2D eigenvalue weighted by molar-refractivity contribution is 5.49. The lowest BCUT2D eigenvalue weighted by molar-refractivity contribution is -0.137. The molecular formula is C9H7F3N4. The summed E-state index contributed by atoms with van der Waals surface area (Å²) in [5.41, 5.74) is -0.667. The predicted molar refractivity (Wildman–Crippen MR) is 49.4 cm³/mol. The zero-order valence-electron chi connectivity index (χ0n) is 8.21. The number of aromatic nitrogens is 4. The molecular weight excluding hydrogens is 221 g/mol. The summed E-state index contributed by atoms with van der Waals surface area (Å²) in [6.45, 7) is 1.66. The van der Waals surface area contributed by atoms with Gasteiger partial charge >= 0.3 is 6.18 Å². The van der Waals surface area contributed by atoms with Gasteiger partial charge in [-0.25, -0.2) is 4.98 Å². The first-order chi connectivity index (χ1) is 7.47. The fraction of sp³-hybridized carbons (Fsp3) is 0.222. The summed E-state index contributed by atoms with van der Waals surface area (Å²) in [6, 6.07) is 1.83. The van der Waals surface area contributed by atoms with Crippen molar-refractivity contribution in [3.8, 4) is 11.5 Å². The summed E-state index contributed by atoms with van der Waals surface area (Å²) in [7, 11) is 0. The summed E-state index contributed by atoms with van der Waals surface area (Å²) in [6.07, 6.45) is -3.30. The maximum atomic E-state index is 12.4. The molecule has 1 N–H and O–H groups in total. The van der Waals surface area contributed by atoms with Crippen LogP contribution in [0.4, 0.5) is 13.2 Å². The first-order valence-corrected chi connectivity index (χ1v) is 4.39. The molecule has 4 nitrogen and oxygen atoms in total. The number of pyridine rings is 1. The van der Waals surface area contributed by atoms with Crippen molar-refractivity contribution in [2.45, 2.75) is 13.1 Å². The van der Waals surface area contributed by atoms with Crippen molar-refractivity contribution < 1.29 is 13.2 Å². The van der Waals surface area contributed by atoms with Gasteiger partial charge in [-0.15, -0.1) is 0 Å². The molecule has 0 atom stereocenters. The van der Waals surface area contributed by atoms with Crippen LogP contribution in [0.5, 0.6) is 0 Å². The summed E-state index contributed by atoms with van der Waals surface area (Å²) < 4.78 is 37.2. The van der Waals surface area contributed by atoms with E-state index in [9.17, 15) is 13.2 Å². The Morgan fingerprint density at radius 2 is 2.06 bits per heavy atom. The summed E-state index contributed by atoms with van der Waals surface area (Å²) in [5.74, 6) is 0.679. The van der Waals surface area contributed by atoms with Crippen molar-refractivity contribution in [3.05, 3.63) is 29.7 Å². The van der Waals surface area contributed by atoms with E-state index in [4.69, 9.17) is 0 Å². The standard InChI is InChI=1S/C9H7F3N4/c1-5-14-8(16-15-5)7-4-6(2-3-13-7)9(10,11)12/h2-4H,1H3,(H,14,15,16). The van der Waals surface area contributed by atoms with E-state index < -0.39 is 11.7 Å². The van der Waals surface area contributed by atoms with Crippen molar-refractivity contribution in [1.82, 2.24) is 20.2 Å². The highest BCUT2D eigenvalue weighted by atomic mass is 19.4. The lowest BCUT2D eigenvalue weighted by atomic mass is 10.2. The molecule has 2 aromatic rings. The molecule has 0 amide bonds. The van der Waals surface area contributed by atoms with Gasteiger partial charge in [0.1, 0.15) is 11.5 Å². The van der Waals surface area contributed by atoms with Crippen molar-refractivity contribution in [1.29, 1.82) is 0 Å². The van der Waals surface area contributed by atoms with Crippen LogP contribution in [-0.2, 0) is 6.18 Å². The van der Waals surface area contributed by atoms with E-state index in [1.807, 2.05) is 0 Å². The number of hydrogen-bond acceptors (Lipinski definition) is 3. The van der Waals surface area contributed by atoms with Crippen LogP contribution in [0.25, 0.3) is 11.5 Å². The monoisotopic (exact) mass is 228 g/mol. The quantitative estimate of drug-likeness (QED) is 0.813. The van der Waals surface area contributed by atoms with Crippen molar-refractivity contribution in [3.63, 3.8) is 0 Å². The van der Waals surface area contributed by atoms with Crippen molar-refractivity contribution in [2.24, 2.45) is 0 Å².